The molecule has 0 aliphatic carbocycles. The van der Waals surface area contributed by atoms with Gasteiger partial charge in [-0.05, 0) is 43.9 Å². The maximum Gasteiger partial charge on any atom is 0.249 e. The molecule has 114 valence electrons. The average molecular weight is 309 g/mol. The molecule has 0 amide bonds. The van der Waals surface area contributed by atoms with E-state index < -0.39 is 0 Å². The average Bonchev–Trinajstić information content (AvgIpc) is 2.47. The Labute approximate surface area is 130 Å². The molecular weight excluding hydrogens is 288 g/mol. The zero-order valence-corrected chi connectivity index (χ0v) is 12.7. The van der Waals surface area contributed by atoms with Gasteiger partial charge in [0.1, 0.15) is 5.65 Å². The quantitative estimate of drug-likeness (QED) is 0.908. The largest absolute Gasteiger partial charge is 0.371 e. The van der Waals surface area contributed by atoms with Crippen LogP contribution < -0.4 is 16.2 Å². The van der Waals surface area contributed by atoms with E-state index in [1.165, 1.54) is 12.8 Å². The zero-order chi connectivity index (χ0) is 13.9. The van der Waals surface area contributed by atoms with E-state index in [0.29, 0.717) is 5.65 Å². The molecule has 0 spiro atoms. The second kappa shape index (κ2) is 6.91. The summed E-state index contributed by atoms with van der Waals surface area (Å²) in [7, 11) is 0. The lowest BCUT2D eigenvalue weighted by Gasteiger charge is -2.34. The number of nitrogens with zero attached hydrogens (tertiary/aromatic N) is 2. The summed E-state index contributed by atoms with van der Waals surface area (Å²) >= 11 is 0. The van der Waals surface area contributed by atoms with Crippen LogP contribution in [0.5, 0.6) is 0 Å². The summed E-state index contributed by atoms with van der Waals surface area (Å²) in [5, 5.41) is 1.02. The smallest absolute Gasteiger partial charge is 0.249 e. The topological polar surface area (TPSA) is 75.0 Å². The lowest BCUT2D eigenvalue weighted by Crippen LogP contribution is -2.34. The van der Waals surface area contributed by atoms with Gasteiger partial charge >= 0.3 is 0 Å². The number of nitrogens with one attached hydrogen (secondary N) is 1. The number of pyridine rings is 2. The van der Waals surface area contributed by atoms with Gasteiger partial charge in [-0.25, -0.2) is 4.98 Å². The van der Waals surface area contributed by atoms with Crippen molar-refractivity contribution in [2.75, 3.05) is 24.5 Å². The van der Waals surface area contributed by atoms with Gasteiger partial charge < -0.3 is 15.6 Å². The van der Waals surface area contributed by atoms with E-state index in [2.05, 4.69) is 14.9 Å². The third-order valence-electron chi connectivity index (χ3n) is 4.14. The van der Waals surface area contributed by atoms with Gasteiger partial charge in [0.15, 0.2) is 0 Å². The Hall–Kier alpha value is -1.59. The van der Waals surface area contributed by atoms with Gasteiger partial charge in [0, 0.05) is 36.4 Å². The Morgan fingerprint density at radius 1 is 1.29 bits per heavy atom. The van der Waals surface area contributed by atoms with Crippen molar-refractivity contribution in [2.45, 2.75) is 19.3 Å². The maximum absolute atomic E-state index is 11.4. The number of hydrogen-bond acceptors (Lipinski definition) is 4. The van der Waals surface area contributed by atoms with Gasteiger partial charge in [0.25, 0.3) is 0 Å². The van der Waals surface area contributed by atoms with Crippen LogP contribution in [-0.2, 0) is 0 Å². The summed E-state index contributed by atoms with van der Waals surface area (Å²) in [6, 6.07) is 5.46. The van der Waals surface area contributed by atoms with Crippen molar-refractivity contribution >= 4 is 29.1 Å². The molecule has 1 aliphatic heterocycles. The fraction of sp³-hybridized carbons (Fsp3) is 0.467. The molecule has 1 aliphatic rings. The number of piperidine rings is 1. The number of anilines is 1. The van der Waals surface area contributed by atoms with E-state index in [0.717, 1.165) is 43.0 Å². The lowest BCUT2D eigenvalue weighted by molar-refractivity contribution is 0.387. The van der Waals surface area contributed by atoms with Crippen LogP contribution in [0, 0.1) is 5.92 Å². The van der Waals surface area contributed by atoms with Gasteiger partial charge in [-0.15, -0.1) is 12.4 Å². The van der Waals surface area contributed by atoms with Gasteiger partial charge in [-0.1, -0.05) is 0 Å². The Bertz CT molecular complexity index is 649. The summed E-state index contributed by atoms with van der Waals surface area (Å²) in [5.41, 5.74) is 7.36. The predicted molar refractivity (Wildman–Crippen MR) is 88.2 cm³/mol. The number of aromatic amines is 1. The molecule has 21 heavy (non-hydrogen) atoms. The summed E-state index contributed by atoms with van der Waals surface area (Å²) in [4.78, 5) is 20.8. The number of rotatable bonds is 3. The summed E-state index contributed by atoms with van der Waals surface area (Å²) < 4.78 is 0. The number of fused-ring (bicyclic) bond motifs is 1. The van der Waals surface area contributed by atoms with E-state index in [4.69, 9.17) is 5.73 Å². The van der Waals surface area contributed by atoms with E-state index in [1.807, 2.05) is 12.1 Å². The van der Waals surface area contributed by atoms with Gasteiger partial charge in [0.2, 0.25) is 5.56 Å². The molecule has 6 heteroatoms. The number of aromatic nitrogens is 2. The first-order chi connectivity index (χ1) is 9.78. The molecule has 3 N–H and O–H groups in total. The SMILES string of the molecule is Cl.NCCC1CCN(c2ccnc3[nH]c(=O)ccc23)CC1. The van der Waals surface area contributed by atoms with Crippen molar-refractivity contribution in [1.82, 2.24) is 9.97 Å². The molecule has 0 aromatic carbocycles. The summed E-state index contributed by atoms with van der Waals surface area (Å²) in [5.74, 6) is 0.754. The molecule has 0 unspecified atom stereocenters. The van der Waals surface area contributed by atoms with Crippen molar-refractivity contribution in [1.29, 1.82) is 0 Å². The lowest BCUT2D eigenvalue weighted by atomic mass is 9.93. The van der Waals surface area contributed by atoms with Crippen molar-refractivity contribution < 1.29 is 0 Å². The summed E-state index contributed by atoms with van der Waals surface area (Å²) in [6.45, 7) is 2.87. The van der Waals surface area contributed by atoms with Crippen LogP contribution in [0.1, 0.15) is 19.3 Å². The van der Waals surface area contributed by atoms with Gasteiger partial charge in [-0.2, -0.15) is 0 Å². The first kappa shape index (κ1) is 15.8. The fourth-order valence-electron chi connectivity index (χ4n) is 3.02. The third-order valence-corrected chi connectivity index (χ3v) is 4.14. The normalized spacial score (nSPS) is 16.0. The van der Waals surface area contributed by atoms with E-state index >= 15 is 0 Å². The molecule has 0 bridgehead atoms. The highest BCUT2D eigenvalue weighted by molar-refractivity contribution is 5.89. The van der Waals surface area contributed by atoms with E-state index in [9.17, 15) is 4.79 Å². The summed E-state index contributed by atoms with van der Waals surface area (Å²) in [6.07, 6.45) is 5.26. The number of hydrogen-bond donors (Lipinski definition) is 2. The van der Waals surface area contributed by atoms with Crippen LogP contribution >= 0.6 is 12.4 Å². The van der Waals surface area contributed by atoms with E-state index in [-0.39, 0.29) is 18.0 Å². The highest BCUT2D eigenvalue weighted by Crippen LogP contribution is 2.28. The first-order valence-corrected chi connectivity index (χ1v) is 7.21. The van der Waals surface area contributed by atoms with Crippen LogP contribution in [0.3, 0.4) is 0 Å². The molecule has 2 aromatic rings. The van der Waals surface area contributed by atoms with Crippen molar-refractivity contribution in [2.24, 2.45) is 11.7 Å². The minimum Gasteiger partial charge on any atom is -0.371 e. The molecule has 0 atom stereocenters. The molecule has 3 rings (SSSR count). The maximum atomic E-state index is 11.4. The van der Waals surface area contributed by atoms with Crippen LogP contribution in [0.25, 0.3) is 11.0 Å². The first-order valence-electron chi connectivity index (χ1n) is 7.21. The van der Waals surface area contributed by atoms with Crippen molar-refractivity contribution in [3.63, 3.8) is 0 Å². The Balaban J connectivity index is 0.00000161. The molecule has 2 aromatic heterocycles. The molecule has 1 saturated heterocycles. The molecule has 1 fully saturated rings. The standard InChI is InChI=1S/C15H20N4O.ClH/c16-7-3-11-5-9-19(10-6-11)13-4-8-17-15-12(13)1-2-14(20)18-15;/h1-2,4,8,11H,3,5-7,9-10,16H2,(H,17,18,20);1H. The van der Waals surface area contributed by atoms with Crippen LogP contribution in [0.2, 0.25) is 0 Å². The fourth-order valence-corrected chi connectivity index (χ4v) is 3.02. The van der Waals surface area contributed by atoms with E-state index in [1.54, 1.807) is 12.3 Å². The van der Waals surface area contributed by atoms with Gasteiger partial charge in [-0.3, -0.25) is 4.79 Å². The minimum atomic E-state index is -0.108. The molecule has 0 saturated carbocycles. The number of halogens is 1. The number of nitrogens with two attached hydrogens (primary N) is 1. The van der Waals surface area contributed by atoms with Gasteiger partial charge in [0.05, 0.1) is 0 Å². The second-order valence-corrected chi connectivity index (χ2v) is 5.42. The van der Waals surface area contributed by atoms with Crippen LogP contribution in [-0.4, -0.2) is 29.6 Å². The van der Waals surface area contributed by atoms with Crippen LogP contribution in [0.4, 0.5) is 5.69 Å². The molecule has 5 nitrogen and oxygen atoms in total. The number of H-pyrrole nitrogens is 1. The Morgan fingerprint density at radius 2 is 2.05 bits per heavy atom. The third kappa shape index (κ3) is 3.36. The van der Waals surface area contributed by atoms with Crippen molar-refractivity contribution in [3.05, 3.63) is 34.7 Å². The Kier molecular flexibility index (Phi) is 5.20. The van der Waals surface area contributed by atoms with Crippen molar-refractivity contribution in [3.8, 4) is 0 Å². The highest BCUT2D eigenvalue weighted by Gasteiger charge is 2.20. The Morgan fingerprint density at radius 3 is 2.76 bits per heavy atom. The molecule has 3 heterocycles. The molecular formula is C15H21ClN4O. The minimum absolute atomic E-state index is 0. The molecule has 0 radical (unpaired) electrons. The second-order valence-electron chi connectivity index (χ2n) is 5.42. The monoisotopic (exact) mass is 308 g/mol. The zero-order valence-electron chi connectivity index (χ0n) is 11.9. The van der Waals surface area contributed by atoms with Crippen LogP contribution in [0.15, 0.2) is 29.2 Å². The highest BCUT2D eigenvalue weighted by atomic mass is 35.5. The predicted octanol–water partition coefficient (Wildman–Crippen LogP) is 1.91.